The first kappa shape index (κ1) is 13.9. The van der Waals surface area contributed by atoms with Crippen LogP contribution in [0.1, 0.15) is 33.6 Å². The van der Waals surface area contributed by atoms with Crippen LogP contribution in [0.3, 0.4) is 0 Å². The maximum Gasteiger partial charge on any atom is 0.0217 e. The molecule has 0 amide bonds. The van der Waals surface area contributed by atoms with Crippen molar-refractivity contribution in [3.63, 3.8) is 0 Å². The van der Waals surface area contributed by atoms with Crippen molar-refractivity contribution in [1.29, 1.82) is 0 Å². The number of likely N-dealkylation sites (tertiary alicyclic amines) is 1. The molecule has 1 rings (SSSR count). The van der Waals surface area contributed by atoms with Crippen LogP contribution in [0, 0.1) is 5.41 Å². The van der Waals surface area contributed by atoms with Crippen molar-refractivity contribution in [2.24, 2.45) is 11.1 Å². The lowest BCUT2D eigenvalue weighted by molar-refractivity contribution is 0.122. The fourth-order valence-electron chi connectivity index (χ4n) is 2.17. The van der Waals surface area contributed by atoms with Crippen LogP contribution in [-0.2, 0) is 0 Å². The third-order valence-electron chi connectivity index (χ3n) is 3.91. The van der Waals surface area contributed by atoms with Crippen molar-refractivity contribution in [3.05, 3.63) is 0 Å². The first-order valence-electron chi connectivity index (χ1n) is 6.45. The molecular formula is C13H29N3. The molecule has 1 aliphatic rings. The normalized spacial score (nSPS) is 22.7. The highest BCUT2D eigenvalue weighted by molar-refractivity contribution is 4.83. The minimum absolute atomic E-state index is 0.208. The number of rotatable bonds is 3. The fraction of sp³-hybridized carbons (Fsp3) is 1.00. The predicted octanol–water partition coefficient (Wildman–Crippen LogP) is 1.39. The van der Waals surface area contributed by atoms with E-state index in [1.807, 2.05) is 0 Å². The van der Waals surface area contributed by atoms with Crippen LogP contribution in [0.15, 0.2) is 0 Å². The summed E-state index contributed by atoms with van der Waals surface area (Å²) in [7, 11) is 4.43. The van der Waals surface area contributed by atoms with Gasteiger partial charge in [0.05, 0.1) is 0 Å². The number of nitrogens with zero attached hydrogens (tertiary/aromatic N) is 2. The average molecular weight is 227 g/mol. The molecule has 0 aromatic heterocycles. The molecule has 0 aliphatic carbocycles. The Kier molecular flexibility index (Phi) is 4.77. The van der Waals surface area contributed by atoms with Gasteiger partial charge in [-0.25, -0.2) is 0 Å². The van der Waals surface area contributed by atoms with Gasteiger partial charge in [-0.15, -0.1) is 0 Å². The highest BCUT2D eigenvalue weighted by Gasteiger charge is 2.26. The summed E-state index contributed by atoms with van der Waals surface area (Å²) in [5.74, 6) is 0. The Hall–Kier alpha value is -0.120. The second-order valence-corrected chi connectivity index (χ2v) is 6.45. The summed E-state index contributed by atoms with van der Waals surface area (Å²) in [6, 6.07) is 0.988. The number of likely N-dealkylation sites (N-methyl/N-ethyl adjacent to an activating group) is 1. The summed E-state index contributed by atoms with van der Waals surface area (Å²) in [6.07, 6.45) is 2.56. The van der Waals surface area contributed by atoms with Gasteiger partial charge in [-0.3, -0.25) is 0 Å². The Balaban J connectivity index is 2.37. The molecule has 16 heavy (non-hydrogen) atoms. The van der Waals surface area contributed by atoms with Crippen LogP contribution in [-0.4, -0.2) is 55.6 Å². The molecule has 1 fully saturated rings. The van der Waals surface area contributed by atoms with Gasteiger partial charge < -0.3 is 15.5 Å². The SMILES string of the molecule is CN1CCC(N(C)CC(N)C(C)(C)C)CC1. The van der Waals surface area contributed by atoms with E-state index in [0.29, 0.717) is 0 Å². The van der Waals surface area contributed by atoms with Crippen molar-refractivity contribution < 1.29 is 0 Å². The van der Waals surface area contributed by atoms with E-state index in [-0.39, 0.29) is 11.5 Å². The molecule has 1 unspecified atom stereocenters. The molecule has 1 aliphatic heterocycles. The van der Waals surface area contributed by atoms with Gasteiger partial charge in [0.2, 0.25) is 0 Å². The highest BCUT2D eigenvalue weighted by atomic mass is 15.2. The third-order valence-corrected chi connectivity index (χ3v) is 3.91. The summed E-state index contributed by atoms with van der Waals surface area (Å²) < 4.78 is 0. The second-order valence-electron chi connectivity index (χ2n) is 6.45. The summed E-state index contributed by atoms with van der Waals surface area (Å²) in [4.78, 5) is 4.87. The van der Waals surface area contributed by atoms with Crippen molar-refractivity contribution in [1.82, 2.24) is 9.80 Å². The van der Waals surface area contributed by atoms with Crippen molar-refractivity contribution in [3.8, 4) is 0 Å². The van der Waals surface area contributed by atoms with E-state index < -0.39 is 0 Å². The third kappa shape index (κ3) is 4.04. The van der Waals surface area contributed by atoms with Crippen molar-refractivity contribution in [2.75, 3.05) is 33.7 Å². The van der Waals surface area contributed by atoms with Crippen LogP contribution in [0.4, 0.5) is 0 Å². The van der Waals surface area contributed by atoms with Crippen molar-refractivity contribution >= 4 is 0 Å². The second kappa shape index (κ2) is 5.48. The molecule has 1 atom stereocenters. The van der Waals surface area contributed by atoms with E-state index in [1.54, 1.807) is 0 Å². The number of piperidine rings is 1. The van der Waals surface area contributed by atoms with Gasteiger partial charge >= 0.3 is 0 Å². The Labute approximate surface area is 101 Å². The average Bonchev–Trinajstić information content (AvgIpc) is 2.17. The molecular weight excluding hydrogens is 198 g/mol. The molecule has 0 spiro atoms. The molecule has 0 aromatic rings. The zero-order chi connectivity index (χ0) is 12.3. The van der Waals surface area contributed by atoms with E-state index in [4.69, 9.17) is 5.73 Å². The molecule has 0 radical (unpaired) electrons. The summed E-state index contributed by atoms with van der Waals surface area (Å²) in [5, 5.41) is 0. The first-order chi connectivity index (χ1) is 7.30. The fourth-order valence-corrected chi connectivity index (χ4v) is 2.17. The molecule has 0 bridgehead atoms. The molecule has 2 N–H and O–H groups in total. The van der Waals surface area contributed by atoms with E-state index in [2.05, 4.69) is 44.7 Å². The predicted molar refractivity (Wildman–Crippen MR) is 70.6 cm³/mol. The molecule has 0 aromatic carbocycles. The number of nitrogens with two attached hydrogens (primary N) is 1. The molecule has 1 saturated heterocycles. The zero-order valence-corrected chi connectivity index (χ0v) is 11.7. The number of hydrogen-bond acceptors (Lipinski definition) is 3. The molecule has 3 nitrogen and oxygen atoms in total. The lowest BCUT2D eigenvalue weighted by Gasteiger charge is -2.38. The summed E-state index contributed by atoms with van der Waals surface area (Å²) in [5.41, 5.74) is 6.44. The lowest BCUT2D eigenvalue weighted by Crippen LogP contribution is -2.49. The molecule has 3 heteroatoms. The Morgan fingerprint density at radius 2 is 1.81 bits per heavy atom. The van der Waals surface area contributed by atoms with Crippen LogP contribution < -0.4 is 5.73 Å². The van der Waals surface area contributed by atoms with Crippen LogP contribution >= 0.6 is 0 Å². The van der Waals surface area contributed by atoms with E-state index in [9.17, 15) is 0 Å². The van der Waals surface area contributed by atoms with Crippen LogP contribution in [0.2, 0.25) is 0 Å². The van der Waals surface area contributed by atoms with Crippen LogP contribution in [0.25, 0.3) is 0 Å². The monoisotopic (exact) mass is 227 g/mol. The summed E-state index contributed by atoms with van der Waals surface area (Å²) in [6.45, 7) is 10.1. The maximum absolute atomic E-state index is 6.23. The van der Waals surface area contributed by atoms with Gasteiger partial charge in [0.1, 0.15) is 0 Å². The first-order valence-corrected chi connectivity index (χ1v) is 6.45. The molecule has 96 valence electrons. The highest BCUT2D eigenvalue weighted by Crippen LogP contribution is 2.20. The molecule has 0 saturated carbocycles. The van der Waals surface area contributed by atoms with Gasteiger partial charge in [-0.2, -0.15) is 0 Å². The minimum Gasteiger partial charge on any atom is -0.326 e. The van der Waals surface area contributed by atoms with E-state index in [1.165, 1.54) is 25.9 Å². The lowest BCUT2D eigenvalue weighted by atomic mass is 9.86. The number of hydrogen-bond donors (Lipinski definition) is 1. The van der Waals surface area contributed by atoms with Gasteiger partial charge in [0.25, 0.3) is 0 Å². The minimum atomic E-state index is 0.208. The summed E-state index contributed by atoms with van der Waals surface area (Å²) >= 11 is 0. The van der Waals surface area contributed by atoms with Gasteiger partial charge in [-0.05, 0) is 45.4 Å². The van der Waals surface area contributed by atoms with Gasteiger partial charge in [-0.1, -0.05) is 20.8 Å². The topological polar surface area (TPSA) is 32.5 Å². The smallest absolute Gasteiger partial charge is 0.0217 e. The maximum atomic E-state index is 6.23. The largest absolute Gasteiger partial charge is 0.326 e. The van der Waals surface area contributed by atoms with E-state index >= 15 is 0 Å². The quantitative estimate of drug-likeness (QED) is 0.791. The Bertz CT molecular complexity index is 202. The Morgan fingerprint density at radius 3 is 2.25 bits per heavy atom. The zero-order valence-electron chi connectivity index (χ0n) is 11.7. The standard InChI is InChI=1S/C13H29N3/c1-13(2,3)12(14)10-16(5)11-6-8-15(4)9-7-11/h11-12H,6-10,14H2,1-5H3. The van der Waals surface area contributed by atoms with E-state index in [0.717, 1.165) is 12.6 Å². The van der Waals surface area contributed by atoms with Crippen LogP contribution in [0.5, 0.6) is 0 Å². The Morgan fingerprint density at radius 1 is 1.31 bits per heavy atom. The van der Waals surface area contributed by atoms with Crippen molar-refractivity contribution in [2.45, 2.75) is 45.7 Å². The molecule has 1 heterocycles. The van der Waals surface area contributed by atoms with Gasteiger partial charge in [0, 0.05) is 18.6 Å². The van der Waals surface area contributed by atoms with Gasteiger partial charge in [0.15, 0.2) is 0 Å².